The van der Waals surface area contributed by atoms with Gasteiger partial charge in [-0.15, -0.1) is 6.58 Å². The van der Waals surface area contributed by atoms with Crippen molar-refractivity contribution in [3.8, 4) is 0 Å². The lowest BCUT2D eigenvalue weighted by molar-refractivity contribution is 0.0490. The molecule has 3 aromatic rings. The highest BCUT2D eigenvalue weighted by Gasteiger charge is 2.20. The maximum Gasteiger partial charge on any atom is 0.374 e. The lowest BCUT2D eigenvalue weighted by Gasteiger charge is -2.11. The molecule has 0 unspecified atom stereocenters. The molecular weight excluding hydrogens is 386 g/mol. The molecule has 0 spiro atoms. The van der Waals surface area contributed by atoms with Gasteiger partial charge in [0.15, 0.2) is 11.1 Å². The molecule has 1 aromatic carbocycles. The molecule has 0 radical (unpaired) electrons. The SMILES string of the molecule is C=CCc1c2nc(C(=O)OC)cc(Cl)c2cc2c(=O)cc(C(=O)OCC)oc12. The molecule has 0 aliphatic carbocycles. The van der Waals surface area contributed by atoms with Gasteiger partial charge in [0.1, 0.15) is 5.58 Å². The van der Waals surface area contributed by atoms with E-state index in [2.05, 4.69) is 11.6 Å². The average molecular weight is 402 g/mol. The number of nitrogens with zero attached hydrogens (tertiary/aromatic N) is 1. The van der Waals surface area contributed by atoms with Crippen LogP contribution in [0, 0.1) is 0 Å². The van der Waals surface area contributed by atoms with Crippen molar-refractivity contribution < 1.29 is 23.5 Å². The molecule has 0 amide bonds. The first-order valence-corrected chi connectivity index (χ1v) is 8.75. The molecule has 28 heavy (non-hydrogen) atoms. The first kappa shape index (κ1) is 19.6. The van der Waals surface area contributed by atoms with E-state index in [1.807, 2.05) is 0 Å². The van der Waals surface area contributed by atoms with Crippen LogP contribution in [-0.4, -0.2) is 30.6 Å². The third-order valence-corrected chi connectivity index (χ3v) is 4.37. The third kappa shape index (κ3) is 3.36. The minimum Gasteiger partial charge on any atom is -0.464 e. The van der Waals surface area contributed by atoms with Gasteiger partial charge in [0.25, 0.3) is 0 Å². The zero-order chi connectivity index (χ0) is 20.4. The lowest BCUT2D eigenvalue weighted by atomic mass is 10.0. The van der Waals surface area contributed by atoms with Crippen molar-refractivity contribution in [1.82, 2.24) is 4.98 Å². The number of carbonyl (C=O) groups is 2. The normalized spacial score (nSPS) is 10.8. The van der Waals surface area contributed by atoms with Gasteiger partial charge in [-0.2, -0.15) is 0 Å². The number of hydrogen-bond donors (Lipinski definition) is 0. The average Bonchev–Trinajstić information content (AvgIpc) is 2.68. The summed E-state index contributed by atoms with van der Waals surface area (Å²) in [5.41, 5.74) is 0.564. The second kappa shape index (κ2) is 7.82. The Morgan fingerprint density at radius 2 is 2.00 bits per heavy atom. The summed E-state index contributed by atoms with van der Waals surface area (Å²) in [6.45, 7) is 5.49. The molecule has 0 fully saturated rings. The van der Waals surface area contributed by atoms with Crippen molar-refractivity contribution >= 4 is 45.4 Å². The Labute approximate surface area is 164 Å². The molecule has 0 aliphatic heterocycles. The molecule has 0 atom stereocenters. The van der Waals surface area contributed by atoms with E-state index >= 15 is 0 Å². The van der Waals surface area contributed by atoms with Crippen LogP contribution in [0.5, 0.6) is 0 Å². The molecular formula is C20H16ClNO6. The standard InChI is InChI=1S/C20H16ClNO6/c1-4-6-10-17-11(13(21)8-14(22-17)19(24)26-3)7-12-15(23)9-16(28-18(10)12)20(25)27-5-2/h4,7-9H,1,5-6H2,2-3H3. The monoisotopic (exact) mass is 401 g/mol. The number of allylic oxidation sites excluding steroid dienone is 1. The van der Waals surface area contributed by atoms with Crippen LogP contribution < -0.4 is 5.43 Å². The van der Waals surface area contributed by atoms with Gasteiger partial charge in [0.2, 0.25) is 5.76 Å². The van der Waals surface area contributed by atoms with Crippen LogP contribution in [0.25, 0.3) is 21.9 Å². The van der Waals surface area contributed by atoms with Gasteiger partial charge in [-0.05, 0) is 25.5 Å². The van der Waals surface area contributed by atoms with E-state index < -0.39 is 17.4 Å². The van der Waals surface area contributed by atoms with Gasteiger partial charge < -0.3 is 13.9 Å². The second-order valence-corrected chi connectivity index (χ2v) is 6.20. The zero-order valence-electron chi connectivity index (χ0n) is 15.2. The number of hydrogen-bond acceptors (Lipinski definition) is 7. The minimum atomic E-state index is -0.750. The number of pyridine rings is 1. The van der Waals surface area contributed by atoms with Crippen molar-refractivity contribution in [2.24, 2.45) is 0 Å². The molecule has 0 saturated heterocycles. The van der Waals surface area contributed by atoms with E-state index in [1.54, 1.807) is 13.0 Å². The van der Waals surface area contributed by atoms with Crippen molar-refractivity contribution in [1.29, 1.82) is 0 Å². The molecule has 0 N–H and O–H groups in total. The van der Waals surface area contributed by atoms with Crippen LogP contribution in [0.15, 0.2) is 40.1 Å². The highest BCUT2D eigenvalue weighted by atomic mass is 35.5. The number of methoxy groups -OCH3 is 1. The summed E-state index contributed by atoms with van der Waals surface area (Å²) in [5.74, 6) is -1.63. The number of benzene rings is 1. The molecule has 0 aliphatic rings. The molecule has 3 rings (SSSR count). The maximum atomic E-state index is 12.6. The predicted octanol–water partition coefficient (Wildman–Crippen LogP) is 3.69. The molecule has 0 bridgehead atoms. The minimum absolute atomic E-state index is 0.00792. The van der Waals surface area contributed by atoms with Gasteiger partial charge in [0, 0.05) is 17.0 Å². The quantitative estimate of drug-likeness (QED) is 0.365. The topological polar surface area (TPSA) is 95.7 Å². The molecule has 8 heteroatoms. The molecule has 144 valence electrons. The van der Waals surface area contributed by atoms with Crippen molar-refractivity contribution in [2.75, 3.05) is 13.7 Å². The Bertz CT molecular complexity index is 1180. The van der Waals surface area contributed by atoms with Crippen molar-refractivity contribution in [3.05, 3.63) is 63.1 Å². The highest BCUT2D eigenvalue weighted by molar-refractivity contribution is 6.36. The fourth-order valence-electron chi connectivity index (χ4n) is 2.85. The fraction of sp³-hybridized carbons (Fsp3) is 0.200. The fourth-order valence-corrected chi connectivity index (χ4v) is 3.10. The number of halogens is 1. The molecule has 2 heterocycles. The highest BCUT2D eigenvalue weighted by Crippen LogP contribution is 2.32. The van der Waals surface area contributed by atoms with Crippen LogP contribution in [0.2, 0.25) is 5.02 Å². The van der Waals surface area contributed by atoms with Crippen molar-refractivity contribution in [3.63, 3.8) is 0 Å². The maximum absolute atomic E-state index is 12.6. The number of ether oxygens (including phenoxy) is 2. The van der Waals surface area contributed by atoms with Crippen molar-refractivity contribution in [2.45, 2.75) is 13.3 Å². The summed E-state index contributed by atoms with van der Waals surface area (Å²) < 4.78 is 15.3. The first-order valence-electron chi connectivity index (χ1n) is 8.37. The van der Waals surface area contributed by atoms with E-state index in [-0.39, 0.29) is 40.5 Å². The Kier molecular flexibility index (Phi) is 5.46. The van der Waals surface area contributed by atoms with E-state index in [9.17, 15) is 14.4 Å². The smallest absolute Gasteiger partial charge is 0.374 e. The first-order chi connectivity index (χ1) is 13.4. The number of rotatable bonds is 5. The molecule has 0 saturated carbocycles. The summed E-state index contributed by atoms with van der Waals surface area (Å²) in [7, 11) is 1.23. The zero-order valence-corrected chi connectivity index (χ0v) is 16.0. The Balaban J connectivity index is 2.44. The largest absolute Gasteiger partial charge is 0.464 e. The summed E-state index contributed by atoms with van der Waals surface area (Å²) in [6, 6.07) is 3.97. The van der Waals surface area contributed by atoms with E-state index in [4.69, 9.17) is 25.5 Å². The van der Waals surface area contributed by atoms with Gasteiger partial charge in [-0.3, -0.25) is 4.79 Å². The predicted molar refractivity (Wildman–Crippen MR) is 104 cm³/mol. The van der Waals surface area contributed by atoms with E-state index in [0.29, 0.717) is 16.5 Å². The molecule has 2 aromatic heterocycles. The Hall–Kier alpha value is -3.19. The van der Waals surface area contributed by atoms with Crippen LogP contribution >= 0.6 is 11.6 Å². The lowest BCUT2D eigenvalue weighted by Crippen LogP contribution is -2.11. The molecule has 7 nitrogen and oxygen atoms in total. The van der Waals surface area contributed by atoms with Gasteiger partial charge >= 0.3 is 11.9 Å². The number of esters is 2. The summed E-state index contributed by atoms with van der Waals surface area (Å²) in [5, 5.41) is 0.924. The third-order valence-electron chi connectivity index (χ3n) is 4.06. The Morgan fingerprint density at radius 3 is 2.64 bits per heavy atom. The number of aromatic nitrogens is 1. The van der Waals surface area contributed by atoms with Gasteiger partial charge in [-0.1, -0.05) is 17.7 Å². The van der Waals surface area contributed by atoms with E-state index in [1.165, 1.54) is 19.2 Å². The van der Waals surface area contributed by atoms with Crippen LogP contribution in [0.4, 0.5) is 0 Å². The number of fused-ring (bicyclic) bond motifs is 2. The number of carbonyl (C=O) groups excluding carboxylic acids is 2. The van der Waals surface area contributed by atoms with Crippen LogP contribution in [0.3, 0.4) is 0 Å². The summed E-state index contributed by atoms with van der Waals surface area (Å²) >= 11 is 6.33. The van der Waals surface area contributed by atoms with Gasteiger partial charge in [-0.25, -0.2) is 14.6 Å². The second-order valence-electron chi connectivity index (χ2n) is 5.80. The Morgan fingerprint density at radius 1 is 1.25 bits per heavy atom. The van der Waals surface area contributed by atoms with Gasteiger partial charge in [0.05, 0.1) is 29.6 Å². The van der Waals surface area contributed by atoms with Crippen LogP contribution in [0.1, 0.15) is 33.5 Å². The van der Waals surface area contributed by atoms with E-state index in [0.717, 1.165) is 6.07 Å². The summed E-state index contributed by atoms with van der Waals surface area (Å²) in [4.78, 5) is 40.9. The summed E-state index contributed by atoms with van der Waals surface area (Å²) in [6.07, 6.45) is 1.85. The van der Waals surface area contributed by atoms with Crippen LogP contribution in [-0.2, 0) is 15.9 Å².